The van der Waals surface area contributed by atoms with Gasteiger partial charge in [0, 0.05) is 24.6 Å². The van der Waals surface area contributed by atoms with Crippen LogP contribution in [0.2, 0.25) is 0 Å². The van der Waals surface area contributed by atoms with E-state index in [4.69, 9.17) is 11.5 Å². The first-order valence-corrected chi connectivity index (χ1v) is 3.55. The fourth-order valence-electron chi connectivity index (χ4n) is 0.269. The molecule has 0 aromatic carbocycles. The maximum atomic E-state index is 5.21. The van der Waals surface area contributed by atoms with Crippen molar-refractivity contribution in [1.82, 2.24) is 0 Å². The predicted octanol–water partition coefficient (Wildman–Crippen LogP) is 0.0588. The van der Waals surface area contributed by atoms with E-state index in [1.807, 2.05) is 0 Å². The fourth-order valence-corrected chi connectivity index (χ4v) is 0.806. The zero-order valence-electron chi connectivity index (χ0n) is 4.80. The van der Waals surface area contributed by atoms with Gasteiger partial charge >= 0.3 is 0 Å². The van der Waals surface area contributed by atoms with Crippen LogP contribution < -0.4 is 11.5 Å². The molecule has 0 aliphatic rings. The van der Waals surface area contributed by atoms with Crippen molar-refractivity contribution in [2.24, 2.45) is 11.5 Å². The Morgan fingerprint density at radius 1 is 1.00 bits per heavy atom. The molecule has 0 heterocycles. The normalized spacial score (nSPS) is 8.25. The second kappa shape index (κ2) is 10.5. The van der Waals surface area contributed by atoms with Crippen molar-refractivity contribution in [1.29, 1.82) is 0 Å². The number of hydrogen-bond donors (Lipinski definition) is 2. The molecule has 0 spiro atoms. The van der Waals surface area contributed by atoms with E-state index in [0.29, 0.717) is 0 Å². The van der Waals surface area contributed by atoms with Gasteiger partial charge in [-0.2, -0.15) is 11.8 Å². The van der Waals surface area contributed by atoms with Crippen LogP contribution in [0.25, 0.3) is 0 Å². The van der Waals surface area contributed by atoms with Crippen LogP contribution in [0.5, 0.6) is 0 Å². The first-order chi connectivity index (χ1) is 3.41. The molecule has 0 fully saturated rings. The van der Waals surface area contributed by atoms with Crippen molar-refractivity contribution in [3.05, 3.63) is 0 Å². The first kappa shape index (κ1) is 11.4. The van der Waals surface area contributed by atoms with Gasteiger partial charge in [0.05, 0.1) is 0 Å². The van der Waals surface area contributed by atoms with E-state index in [-0.39, 0.29) is 12.4 Å². The maximum absolute atomic E-state index is 5.21. The highest BCUT2D eigenvalue weighted by Gasteiger charge is 1.79. The van der Waals surface area contributed by atoms with E-state index >= 15 is 0 Å². The average molecular weight is 157 g/mol. The zero-order valence-corrected chi connectivity index (χ0v) is 6.43. The van der Waals surface area contributed by atoms with Crippen molar-refractivity contribution in [3.8, 4) is 0 Å². The Morgan fingerprint density at radius 3 is 1.62 bits per heavy atom. The highest BCUT2D eigenvalue weighted by Crippen LogP contribution is 1.93. The van der Waals surface area contributed by atoms with Gasteiger partial charge in [0.2, 0.25) is 0 Å². The van der Waals surface area contributed by atoms with E-state index < -0.39 is 0 Å². The smallest absolute Gasteiger partial charge is 0.00563 e. The Labute approximate surface area is 60.8 Å². The maximum Gasteiger partial charge on any atom is 0.00563 e. The van der Waals surface area contributed by atoms with Gasteiger partial charge in [-0.05, 0) is 0 Å². The third kappa shape index (κ3) is 9.75. The summed E-state index contributed by atoms with van der Waals surface area (Å²) >= 11 is 1.80. The molecular formula is C4H13ClN2S. The van der Waals surface area contributed by atoms with Gasteiger partial charge in [-0.15, -0.1) is 12.4 Å². The molecule has 0 rings (SSSR count). The number of halogens is 1. The summed E-state index contributed by atoms with van der Waals surface area (Å²) in [6, 6.07) is 0. The predicted molar refractivity (Wildman–Crippen MR) is 42.7 cm³/mol. The van der Waals surface area contributed by atoms with Crippen LogP contribution in [-0.4, -0.2) is 24.6 Å². The molecular weight excluding hydrogens is 144 g/mol. The summed E-state index contributed by atoms with van der Waals surface area (Å²) in [6.45, 7) is 1.54. The van der Waals surface area contributed by atoms with Crippen LogP contribution in [0.15, 0.2) is 0 Å². The van der Waals surface area contributed by atoms with E-state index in [1.165, 1.54) is 0 Å². The number of thioether (sulfide) groups is 1. The molecule has 4 heteroatoms. The summed E-state index contributed by atoms with van der Waals surface area (Å²) in [7, 11) is 0. The van der Waals surface area contributed by atoms with Crippen molar-refractivity contribution < 1.29 is 0 Å². The van der Waals surface area contributed by atoms with E-state index in [2.05, 4.69) is 0 Å². The van der Waals surface area contributed by atoms with Crippen molar-refractivity contribution in [3.63, 3.8) is 0 Å². The Bertz CT molecular complexity index is 33.2. The highest BCUT2D eigenvalue weighted by molar-refractivity contribution is 7.99. The lowest BCUT2D eigenvalue weighted by Crippen LogP contribution is -2.06. The molecule has 0 radical (unpaired) electrons. The molecule has 0 aromatic rings. The monoisotopic (exact) mass is 156 g/mol. The highest BCUT2D eigenvalue weighted by atomic mass is 35.5. The second-order valence-electron chi connectivity index (χ2n) is 1.19. The van der Waals surface area contributed by atoms with Crippen LogP contribution in [0.4, 0.5) is 0 Å². The molecule has 0 bridgehead atoms. The minimum atomic E-state index is 0. The summed E-state index contributed by atoms with van der Waals surface area (Å²) in [5.41, 5.74) is 10.4. The molecule has 2 nitrogen and oxygen atoms in total. The number of rotatable bonds is 4. The van der Waals surface area contributed by atoms with Crippen LogP contribution in [0.1, 0.15) is 0 Å². The van der Waals surface area contributed by atoms with Gasteiger partial charge in [-0.3, -0.25) is 0 Å². The molecule has 52 valence electrons. The third-order valence-electron chi connectivity index (χ3n) is 0.524. The number of nitrogens with two attached hydrogens (primary N) is 2. The van der Waals surface area contributed by atoms with E-state index in [1.54, 1.807) is 11.8 Å². The summed E-state index contributed by atoms with van der Waals surface area (Å²) in [5.74, 6) is 2.08. The second-order valence-corrected chi connectivity index (χ2v) is 2.41. The quantitative estimate of drug-likeness (QED) is 0.566. The molecule has 0 saturated carbocycles. The van der Waals surface area contributed by atoms with Crippen molar-refractivity contribution >= 4 is 24.2 Å². The van der Waals surface area contributed by atoms with Gasteiger partial charge in [-0.25, -0.2) is 0 Å². The topological polar surface area (TPSA) is 52.0 Å². The first-order valence-electron chi connectivity index (χ1n) is 2.39. The van der Waals surface area contributed by atoms with Gasteiger partial charge in [-0.1, -0.05) is 0 Å². The zero-order chi connectivity index (χ0) is 5.54. The standard InChI is InChI=1S/C4H12N2S.ClH/c5-1-3-7-4-2-6;/h1-6H2;1H. The summed E-state index contributed by atoms with van der Waals surface area (Å²) in [4.78, 5) is 0. The van der Waals surface area contributed by atoms with E-state index in [0.717, 1.165) is 24.6 Å². The Hall–Kier alpha value is 0.560. The SMILES string of the molecule is Cl.NCCSCCN. The van der Waals surface area contributed by atoms with Crippen LogP contribution in [0, 0.1) is 0 Å². The molecule has 0 aromatic heterocycles. The molecule has 8 heavy (non-hydrogen) atoms. The Kier molecular flexibility index (Phi) is 15.0. The fraction of sp³-hybridized carbons (Fsp3) is 1.00. The minimum Gasteiger partial charge on any atom is -0.330 e. The summed E-state index contributed by atoms with van der Waals surface area (Å²) in [6.07, 6.45) is 0. The minimum absolute atomic E-state index is 0. The van der Waals surface area contributed by atoms with Gasteiger partial charge in [0.25, 0.3) is 0 Å². The molecule has 0 atom stereocenters. The molecule has 0 aliphatic carbocycles. The van der Waals surface area contributed by atoms with Gasteiger partial charge in [0.15, 0.2) is 0 Å². The molecule has 4 N–H and O–H groups in total. The largest absolute Gasteiger partial charge is 0.330 e. The van der Waals surface area contributed by atoms with Crippen LogP contribution >= 0.6 is 24.2 Å². The molecule has 0 amide bonds. The summed E-state index contributed by atoms with van der Waals surface area (Å²) in [5, 5.41) is 0. The molecule has 0 saturated heterocycles. The molecule has 0 aliphatic heterocycles. The Balaban J connectivity index is 0. The Morgan fingerprint density at radius 2 is 1.38 bits per heavy atom. The van der Waals surface area contributed by atoms with Gasteiger partial charge < -0.3 is 11.5 Å². The third-order valence-corrected chi connectivity index (χ3v) is 1.57. The lowest BCUT2D eigenvalue weighted by molar-refractivity contribution is 1.12. The van der Waals surface area contributed by atoms with Crippen LogP contribution in [0.3, 0.4) is 0 Å². The lowest BCUT2D eigenvalue weighted by Gasteiger charge is -1.91. The van der Waals surface area contributed by atoms with Crippen molar-refractivity contribution in [2.45, 2.75) is 0 Å². The van der Waals surface area contributed by atoms with E-state index in [9.17, 15) is 0 Å². The van der Waals surface area contributed by atoms with Crippen LogP contribution in [-0.2, 0) is 0 Å². The summed E-state index contributed by atoms with van der Waals surface area (Å²) < 4.78 is 0. The average Bonchev–Trinajstić information content (AvgIpc) is 1.69. The van der Waals surface area contributed by atoms with Crippen molar-refractivity contribution in [2.75, 3.05) is 24.6 Å². The molecule has 0 unspecified atom stereocenters. The number of hydrogen-bond acceptors (Lipinski definition) is 3. The van der Waals surface area contributed by atoms with Gasteiger partial charge in [0.1, 0.15) is 0 Å². The lowest BCUT2D eigenvalue weighted by atomic mass is 10.8.